The maximum absolute atomic E-state index is 13.7. The zero-order chi connectivity index (χ0) is 12.2. The van der Waals surface area contributed by atoms with E-state index >= 15 is 0 Å². The predicted octanol–water partition coefficient (Wildman–Crippen LogP) is 3.79. The van der Waals surface area contributed by atoms with Crippen LogP contribution in [-0.2, 0) is 6.42 Å². The van der Waals surface area contributed by atoms with E-state index in [2.05, 4.69) is 13.8 Å². The second-order valence-electron chi connectivity index (χ2n) is 4.29. The van der Waals surface area contributed by atoms with Gasteiger partial charge >= 0.3 is 0 Å². The van der Waals surface area contributed by atoms with Crippen molar-refractivity contribution in [3.8, 4) is 0 Å². The first-order chi connectivity index (χ1) is 7.58. The molecule has 16 heavy (non-hydrogen) atoms. The molecule has 0 unspecified atom stereocenters. The van der Waals surface area contributed by atoms with Crippen molar-refractivity contribution >= 4 is 11.6 Å². The van der Waals surface area contributed by atoms with E-state index in [4.69, 9.17) is 17.3 Å². The zero-order valence-electron chi connectivity index (χ0n) is 9.89. The van der Waals surface area contributed by atoms with E-state index in [1.807, 2.05) is 0 Å². The van der Waals surface area contributed by atoms with E-state index in [9.17, 15) is 4.39 Å². The van der Waals surface area contributed by atoms with Gasteiger partial charge in [0.15, 0.2) is 0 Å². The third-order valence-electron chi connectivity index (χ3n) is 3.55. The number of benzene rings is 1. The summed E-state index contributed by atoms with van der Waals surface area (Å²) in [6.07, 6.45) is 2.48. The normalized spacial score (nSPS) is 11.8. The van der Waals surface area contributed by atoms with Crippen LogP contribution in [0, 0.1) is 11.2 Å². The summed E-state index contributed by atoms with van der Waals surface area (Å²) in [6.45, 7) is 4.74. The van der Waals surface area contributed by atoms with E-state index in [1.165, 1.54) is 6.07 Å². The Kier molecular flexibility index (Phi) is 4.75. The smallest absolute Gasteiger partial charge is 0.127 e. The fourth-order valence-electron chi connectivity index (χ4n) is 1.94. The van der Waals surface area contributed by atoms with Crippen molar-refractivity contribution < 1.29 is 4.39 Å². The van der Waals surface area contributed by atoms with Crippen molar-refractivity contribution in [2.75, 3.05) is 6.54 Å². The highest BCUT2D eigenvalue weighted by atomic mass is 35.5. The van der Waals surface area contributed by atoms with Gasteiger partial charge in [0.2, 0.25) is 0 Å². The molecule has 0 aliphatic carbocycles. The minimum Gasteiger partial charge on any atom is -0.330 e. The Morgan fingerprint density at radius 1 is 1.31 bits per heavy atom. The van der Waals surface area contributed by atoms with Crippen LogP contribution in [0.25, 0.3) is 0 Å². The molecule has 0 bridgehead atoms. The second kappa shape index (κ2) is 5.65. The molecule has 0 fully saturated rings. The second-order valence-corrected chi connectivity index (χ2v) is 4.70. The first-order valence-corrected chi connectivity index (χ1v) is 6.09. The Morgan fingerprint density at radius 3 is 2.38 bits per heavy atom. The molecular weight excluding hydrogens is 225 g/mol. The number of hydrogen-bond donors (Lipinski definition) is 1. The molecule has 0 aliphatic rings. The van der Waals surface area contributed by atoms with Crippen LogP contribution in [0.4, 0.5) is 4.39 Å². The molecule has 0 saturated carbocycles. The van der Waals surface area contributed by atoms with Crippen LogP contribution >= 0.6 is 11.6 Å². The molecule has 1 nitrogen and oxygen atoms in total. The van der Waals surface area contributed by atoms with Gasteiger partial charge in [-0.1, -0.05) is 31.5 Å². The fourth-order valence-corrected chi connectivity index (χ4v) is 2.17. The first-order valence-electron chi connectivity index (χ1n) is 5.71. The summed E-state index contributed by atoms with van der Waals surface area (Å²) in [5.74, 6) is -0.229. The van der Waals surface area contributed by atoms with Gasteiger partial charge in [-0.05, 0) is 43.4 Å². The minimum absolute atomic E-state index is 0.0359. The SMILES string of the molecule is CCC(CC)(CN)Cc1c(F)cccc1Cl. The topological polar surface area (TPSA) is 26.0 Å². The van der Waals surface area contributed by atoms with Gasteiger partial charge in [0, 0.05) is 10.6 Å². The molecule has 1 aromatic carbocycles. The van der Waals surface area contributed by atoms with Gasteiger partial charge < -0.3 is 5.73 Å². The Labute approximate surface area is 102 Å². The van der Waals surface area contributed by atoms with Crippen LogP contribution in [0.15, 0.2) is 18.2 Å². The third-order valence-corrected chi connectivity index (χ3v) is 3.90. The van der Waals surface area contributed by atoms with Crippen molar-refractivity contribution in [3.05, 3.63) is 34.6 Å². The number of hydrogen-bond acceptors (Lipinski definition) is 1. The lowest BCUT2D eigenvalue weighted by Gasteiger charge is -2.30. The predicted molar refractivity (Wildman–Crippen MR) is 67.2 cm³/mol. The molecule has 0 atom stereocenters. The molecule has 0 aromatic heterocycles. The van der Waals surface area contributed by atoms with E-state index in [-0.39, 0.29) is 11.2 Å². The van der Waals surface area contributed by atoms with Crippen molar-refractivity contribution in [1.82, 2.24) is 0 Å². The van der Waals surface area contributed by atoms with Crippen LogP contribution < -0.4 is 5.73 Å². The Balaban J connectivity index is 3.02. The van der Waals surface area contributed by atoms with Crippen LogP contribution in [0.2, 0.25) is 5.02 Å². The van der Waals surface area contributed by atoms with Crippen molar-refractivity contribution in [1.29, 1.82) is 0 Å². The standard InChI is InChI=1S/C13H19ClFN/c1-3-13(4-2,9-16)8-10-11(14)6-5-7-12(10)15/h5-7H,3-4,8-9,16H2,1-2H3. The number of rotatable bonds is 5. The van der Waals surface area contributed by atoms with E-state index in [0.29, 0.717) is 23.6 Å². The van der Waals surface area contributed by atoms with Crippen molar-refractivity contribution in [2.45, 2.75) is 33.1 Å². The minimum atomic E-state index is -0.229. The summed E-state index contributed by atoms with van der Waals surface area (Å²) in [5.41, 5.74) is 6.37. The molecule has 1 rings (SSSR count). The molecule has 2 N–H and O–H groups in total. The van der Waals surface area contributed by atoms with Gasteiger partial charge in [-0.25, -0.2) is 4.39 Å². The quantitative estimate of drug-likeness (QED) is 0.837. The monoisotopic (exact) mass is 243 g/mol. The van der Waals surface area contributed by atoms with Crippen molar-refractivity contribution in [2.24, 2.45) is 11.1 Å². The lowest BCUT2D eigenvalue weighted by atomic mass is 9.77. The van der Waals surface area contributed by atoms with Gasteiger partial charge in [-0.3, -0.25) is 0 Å². The third kappa shape index (κ3) is 2.74. The van der Waals surface area contributed by atoms with Gasteiger partial charge in [0.05, 0.1) is 0 Å². The molecule has 90 valence electrons. The molecule has 0 aliphatic heterocycles. The van der Waals surface area contributed by atoms with E-state index in [0.717, 1.165) is 12.8 Å². The Hall–Kier alpha value is -0.600. The molecule has 0 spiro atoms. The molecule has 0 amide bonds. The lowest BCUT2D eigenvalue weighted by Crippen LogP contribution is -2.32. The highest BCUT2D eigenvalue weighted by Gasteiger charge is 2.27. The zero-order valence-corrected chi connectivity index (χ0v) is 10.6. The largest absolute Gasteiger partial charge is 0.330 e. The van der Waals surface area contributed by atoms with Crippen LogP contribution in [-0.4, -0.2) is 6.54 Å². The number of nitrogens with two attached hydrogens (primary N) is 1. The molecule has 0 saturated heterocycles. The molecule has 0 heterocycles. The van der Waals surface area contributed by atoms with Gasteiger partial charge in [-0.2, -0.15) is 0 Å². The summed E-state index contributed by atoms with van der Waals surface area (Å²) in [7, 11) is 0. The van der Waals surface area contributed by atoms with Gasteiger partial charge in [0.25, 0.3) is 0 Å². The Bertz CT molecular complexity index is 319. The van der Waals surface area contributed by atoms with Crippen LogP contribution in [0.1, 0.15) is 32.3 Å². The summed E-state index contributed by atoms with van der Waals surface area (Å²) < 4.78 is 13.7. The van der Waals surface area contributed by atoms with Crippen LogP contribution in [0.3, 0.4) is 0 Å². The molecular formula is C13H19ClFN. The van der Waals surface area contributed by atoms with E-state index < -0.39 is 0 Å². The molecule has 3 heteroatoms. The Morgan fingerprint density at radius 2 is 1.94 bits per heavy atom. The summed E-state index contributed by atoms with van der Waals surface area (Å²) in [4.78, 5) is 0. The lowest BCUT2D eigenvalue weighted by molar-refractivity contribution is 0.268. The van der Waals surface area contributed by atoms with Gasteiger partial charge in [-0.15, -0.1) is 0 Å². The average Bonchev–Trinajstić information content (AvgIpc) is 2.30. The maximum Gasteiger partial charge on any atom is 0.127 e. The average molecular weight is 244 g/mol. The van der Waals surface area contributed by atoms with Crippen molar-refractivity contribution in [3.63, 3.8) is 0 Å². The fraction of sp³-hybridized carbons (Fsp3) is 0.538. The highest BCUT2D eigenvalue weighted by molar-refractivity contribution is 6.31. The molecule has 1 aromatic rings. The summed E-state index contributed by atoms with van der Waals surface area (Å²) >= 11 is 6.03. The summed E-state index contributed by atoms with van der Waals surface area (Å²) in [5, 5.41) is 0.500. The summed E-state index contributed by atoms with van der Waals surface area (Å²) in [6, 6.07) is 4.81. The van der Waals surface area contributed by atoms with E-state index in [1.54, 1.807) is 12.1 Å². The van der Waals surface area contributed by atoms with Gasteiger partial charge in [0.1, 0.15) is 5.82 Å². The molecule has 0 radical (unpaired) electrons. The number of halogens is 2. The first kappa shape index (κ1) is 13.5. The maximum atomic E-state index is 13.7. The highest BCUT2D eigenvalue weighted by Crippen LogP contribution is 2.33. The van der Waals surface area contributed by atoms with Crippen LogP contribution in [0.5, 0.6) is 0 Å².